The van der Waals surface area contributed by atoms with Gasteiger partial charge in [-0.25, -0.2) is 4.79 Å². The normalized spacial score (nSPS) is 31.1. The maximum absolute atomic E-state index is 12.2. The van der Waals surface area contributed by atoms with Gasteiger partial charge in [0.1, 0.15) is 12.2 Å². The number of ether oxygens (including phenoxy) is 2. The molecule has 2 fully saturated rings. The third-order valence-electron chi connectivity index (χ3n) is 4.11. The van der Waals surface area contributed by atoms with Crippen molar-refractivity contribution in [3.63, 3.8) is 0 Å². The topological polar surface area (TPSA) is 52.6 Å². The van der Waals surface area contributed by atoms with Crippen LogP contribution in [0.5, 0.6) is 0 Å². The van der Waals surface area contributed by atoms with Gasteiger partial charge in [-0.05, 0) is 12.1 Å². The average Bonchev–Trinajstić information content (AvgIpc) is 2.94. The molecule has 0 N–H and O–H groups in total. The van der Waals surface area contributed by atoms with Crippen molar-refractivity contribution in [1.82, 2.24) is 0 Å². The predicted octanol–water partition coefficient (Wildman–Crippen LogP) is 3.36. The molecule has 6 heteroatoms. The van der Waals surface area contributed by atoms with Crippen LogP contribution in [0.1, 0.15) is 23.2 Å². The molecule has 1 saturated heterocycles. The maximum atomic E-state index is 12.2. The summed E-state index contributed by atoms with van der Waals surface area (Å²) in [6.45, 7) is 0. The van der Waals surface area contributed by atoms with E-state index in [1.54, 1.807) is 12.1 Å². The van der Waals surface area contributed by atoms with Crippen LogP contribution in [0.2, 0.25) is 0 Å². The van der Waals surface area contributed by atoms with Crippen LogP contribution in [-0.4, -0.2) is 26.1 Å². The van der Waals surface area contributed by atoms with E-state index >= 15 is 0 Å². The summed E-state index contributed by atoms with van der Waals surface area (Å²) in [4.78, 5) is 23.7. The molecule has 0 aromatic heterocycles. The molecule has 0 radical (unpaired) electrons. The van der Waals surface area contributed by atoms with Crippen molar-refractivity contribution in [3.05, 3.63) is 35.9 Å². The molecule has 21 heavy (non-hydrogen) atoms. The van der Waals surface area contributed by atoms with Gasteiger partial charge in [-0.3, -0.25) is 4.79 Å². The Bertz CT molecular complexity index is 546. The molecular formula is C15H14I2O4. The zero-order valence-corrected chi connectivity index (χ0v) is 15.4. The van der Waals surface area contributed by atoms with Crippen molar-refractivity contribution in [3.8, 4) is 0 Å². The smallest absolute Gasteiger partial charge is 0.338 e. The van der Waals surface area contributed by atoms with Crippen molar-refractivity contribution in [2.45, 2.75) is 27.0 Å². The van der Waals surface area contributed by atoms with E-state index in [2.05, 4.69) is 45.2 Å². The van der Waals surface area contributed by atoms with Crippen LogP contribution < -0.4 is 0 Å². The predicted molar refractivity (Wildman–Crippen MR) is 93.6 cm³/mol. The number of hydrogen-bond donors (Lipinski definition) is 0. The second-order valence-electron chi connectivity index (χ2n) is 5.35. The van der Waals surface area contributed by atoms with Gasteiger partial charge in [0.05, 0.1) is 13.9 Å². The fourth-order valence-electron chi connectivity index (χ4n) is 3.15. The Kier molecular flexibility index (Phi) is 4.72. The van der Waals surface area contributed by atoms with E-state index in [1.165, 1.54) is 0 Å². The Morgan fingerprint density at radius 2 is 2.00 bits per heavy atom. The molecule has 1 saturated carbocycles. The number of rotatable bonds is 3. The summed E-state index contributed by atoms with van der Waals surface area (Å²) < 4.78 is 11.3. The zero-order valence-electron chi connectivity index (χ0n) is 11.1. The quantitative estimate of drug-likeness (QED) is 0.355. The van der Waals surface area contributed by atoms with Gasteiger partial charge >= 0.3 is 11.9 Å². The maximum Gasteiger partial charge on any atom is 0.338 e. The second-order valence-corrected chi connectivity index (χ2v) is 10.4. The lowest BCUT2D eigenvalue weighted by Gasteiger charge is -2.24. The van der Waals surface area contributed by atoms with E-state index in [0.717, 1.165) is 0 Å². The molecule has 1 aliphatic heterocycles. The largest absolute Gasteiger partial charge is 0.462 e. The number of benzene rings is 1. The Labute approximate surface area is 150 Å². The summed E-state index contributed by atoms with van der Waals surface area (Å²) in [5.74, 6) is -0.0955. The lowest BCUT2D eigenvalue weighted by Crippen LogP contribution is -2.29. The highest BCUT2D eigenvalue weighted by Gasteiger charge is 2.53. The van der Waals surface area contributed by atoms with Crippen molar-refractivity contribution in [2.75, 3.05) is 0 Å². The average molecular weight is 512 g/mol. The van der Waals surface area contributed by atoms with Gasteiger partial charge in [0.15, 0.2) is 0 Å². The summed E-state index contributed by atoms with van der Waals surface area (Å²) in [6, 6.07) is 9.00. The van der Waals surface area contributed by atoms with Crippen LogP contribution in [0, 0.1) is 11.8 Å². The highest BCUT2D eigenvalue weighted by atomic mass is 127. The van der Waals surface area contributed by atoms with Gasteiger partial charge in [-0.15, -0.1) is 0 Å². The molecule has 0 spiro atoms. The van der Waals surface area contributed by atoms with Gasteiger partial charge in [-0.1, -0.05) is 63.4 Å². The summed E-state index contributed by atoms with van der Waals surface area (Å²) in [5.41, 5.74) is 0.559. The first-order valence-corrected chi connectivity index (χ1v) is 9.29. The van der Waals surface area contributed by atoms with Gasteiger partial charge < -0.3 is 9.47 Å². The van der Waals surface area contributed by atoms with E-state index in [0.29, 0.717) is 20.3 Å². The first kappa shape index (κ1) is 15.5. The van der Waals surface area contributed by atoms with Crippen molar-refractivity contribution in [1.29, 1.82) is 0 Å². The highest BCUT2D eigenvalue weighted by Crippen LogP contribution is 2.47. The van der Waals surface area contributed by atoms with Gasteiger partial charge in [-0.2, -0.15) is 0 Å². The molecule has 1 heterocycles. The standard InChI is InChI=1S/C15H14I2O4/c16-14(17)13-9-6-12(18)20-10(9)7-11(13)21-15(19)8-4-2-1-3-5-8/h1-5,9-11,13-14H,6-7H2/t9-,10-,11+,13?/m0/s1. The van der Waals surface area contributed by atoms with Crippen LogP contribution in [-0.2, 0) is 14.3 Å². The zero-order chi connectivity index (χ0) is 15.0. The summed E-state index contributed by atoms with van der Waals surface area (Å²) in [5, 5.41) is 0. The van der Waals surface area contributed by atoms with Crippen molar-refractivity contribution < 1.29 is 19.1 Å². The van der Waals surface area contributed by atoms with Crippen LogP contribution in [0.15, 0.2) is 30.3 Å². The van der Waals surface area contributed by atoms with E-state index < -0.39 is 0 Å². The van der Waals surface area contributed by atoms with Crippen LogP contribution in [0.4, 0.5) is 0 Å². The molecule has 4 atom stereocenters. The Balaban J connectivity index is 1.73. The molecule has 0 amide bonds. The lowest BCUT2D eigenvalue weighted by atomic mass is 9.94. The van der Waals surface area contributed by atoms with Gasteiger partial charge in [0, 0.05) is 18.3 Å². The van der Waals surface area contributed by atoms with E-state index in [1.807, 2.05) is 18.2 Å². The second kappa shape index (κ2) is 6.39. The van der Waals surface area contributed by atoms with Gasteiger partial charge in [0.2, 0.25) is 0 Å². The van der Waals surface area contributed by atoms with Crippen LogP contribution in [0.25, 0.3) is 0 Å². The fourth-order valence-corrected chi connectivity index (χ4v) is 5.15. The minimum atomic E-state index is -0.301. The molecule has 2 aliphatic rings. The highest BCUT2D eigenvalue weighted by molar-refractivity contribution is 14.2. The number of fused-ring (bicyclic) bond motifs is 1. The first-order chi connectivity index (χ1) is 10.1. The Morgan fingerprint density at radius 1 is 1.29 bits per heavy atom. The lowest BCUT2D eigenvalue weighted by molar-refractivity contribution is -0.141. The van der Waals surface area contributed by atoms with Crippen molar-refractivity contribution in [2.24, 2.45) is 11.8 Å². The number of halogens is 2. The molecule has 1 unspecified atom stereocenters. The summed E-state index contributed by atoms with van der Waals surface area (Å²) >= 11 is 4.67. The molecule has 0 bridgehead atoms. The number of carbonyl (C=O) groups excluding carboxylic acids is 2. The van der Waals surface area contributed by atoms with E-state index in [9.17, 15) is 9.59 Å². The summed E-state index contributed by atoms with van der Waals surface area (Å²) in [7, 11) is 0. The minimum Gasteiger partial charge on any atom is -0.462 e. The number of hydrogen-bond acceptors (Lipinski definition) is 4. The van der Waals surface area contributed by atoms with Crippen molar-refractivity contribution >= 4 is 57.1 Å². The van der Waals surface area contributed by atoms with E-state index in [-0.39, 0.29) is 36.0 Å². The molecular weight excluding hydrogens is 498 g/mol. The minimum absolute atomic E-state index is 0.0943. The fraction of sp³-hybridized carbons (Fsp3) is 0.467. The molecule has 112 valence electrons. The number of esters is 2. The molecule has 3 rings (SSSR count). The molecule has 1 aromatic carbocycles. The SMILES string of the molecule is O=C1C[C@@H]2C(C(I)I)[C@H](OC(=O)c3ccccc3)C[C@@H]2O1. The molecule has 1 aromatic rings. The Morgan fingerprint density at radius 3 is 2.67 bits per heavy atom. The first-order valence-electron chi connectivity index (χ1n) is 6.80. The molecule has 1 aliphatic carbocycles. The van der Waals surface area contributed by atoms with Crippen LogP contribution in [0.3, 0.4) is 0 Å². The van der Waals surface area contributed by atoms with Crippen LogP contribution >= 0.6 is 45.2 Å². The summed E-state index contributed by atoms with van der Waals surface area (Å²) in [6.07, 6.45) is 0.780. The van der Waals surface area contributed by atoms with E-state index in [4.69, 9.17) is 9.47 Å². The third-order valence-corrected chi connectivity index (χ3v) is 5.77. The Hall–Kier alpha value is -0.380. The van der Waals surface area contributed by atoms with Gasteiger partial charge in [0.25, 0.3) is 0 Å². The monoisotopic (exact) mass is 512 g/mol. The third kappa shape index (κ3) is 3.20. The number of alkyl halides is 2. The molecule has 4 nitrogen and oxygen atoms in total. The number of carbonyl (C=O) groups is 2.